The summed E-state index contributed by atoms with van der Waals surface area (Å²) in [5.74, 6) is -1.36. The lowest BCUT2D eigenvalue weighted by Gasteiger charge is -2.08. The Kier molecular flexibility index (Phi) is 4.51. The van der Waals surface area contributed by atoms with Crippen LogP contribution in [0.4, 0.5) is 10.1 Å². The number of carboxylic acid groups (broad SMARTS) is 1. The molecule has 4 heteroatoms. The Morgan fingerprint density at radius 3 is 2.94 bits per heavy atom. The molecule has 0 radical (unpaired) electrons. The molecule has 1 aromatic rings. The Labute approximate surface area is 93.6 Å². The first kappa shape index (κ1) is 12.2. The smallest absolute Gasteiger partial charge is 0.328 e. The first-order chi connectivity index (χ1) is 7.63. The standard InChI is InChI=1S/C12H14FNO2/c1-2-7-14-11-8-10(13)5-3-9(11)4-6-12(15)16/h3-6,8,14H,2,7H2,1H3,(H,15,16)/b6-4+. The van der Waals surface area contributed by atoms with Crippen molar-refractivity contribution in [1.29, 1.82) is 0 Å². The zero-order valence-corrected chi connectivity index (χ0v) is 9.03. The summed E-state index contributed by atoms with van der Waals surface area (Å²) in [5.41, 5.74) is 1.27. The lowest BCUT2D eigenvalue weighted by Crippen LogP contribution is -2.02. The zero-order valence-electron chi connectivity index (χ0n) is 9.03. The SMILES string of the molecule is CCCNc1cc(F)ccc1/C=C/C(=O)O. The van der Waals surface area contributed by atoms with E-state index in [1.807, 2.05) is 6.92 Å². The van der Waals surface area contributed by atoms with E-state index in [0.717, 1.165) is 19.0 Å². The average Bonchev–Trinajstić information content (AvgIpc) is 2.24. The van der Waals surface area contributed by atoms with Crippen LogP contribution in [0.15, 0.2) is 24.3 Å². The molecule has 0 spiro atoms. The van der Waals surface area contributed by atoms with Gasteiger partial charge in [0.1, 0.15) is 5.82 Å². The van der Waals surface area contributed by atoms with E-state index in [1.165, 1.54) is 18.2 Å². The molecule has 3 nitrogen and oxygen atoms in total. The normalized spacial score (nSPS) is 10.6. The summed E-state index contributed by atoms with van der Waals surface area (Å²) in [6.07, 6.45) is 3.39. The van der Waals surface area contributed by atoms with Gasteiger partial charge in [0.25, 0.3) is 0 Å². The summed E-state index contributed by atoms with van der Waals surface area (Å²) in [6, 6.07) is 4.21. The van der Waals surface area contributed by atoms with Gasteiger partial charge in [0, 0.05) is 18.3 Å². The summed E-state index contributed by atoms with van der Waals surface area (Å²) in [7, 11) is 0. The molecule has 1 aromatic carbocycles. The van der Waals surface area contributed by atoms with E-state index in [0.29, 0.717) is 11.3 Å². The summed E-state index contributed by atoms with van der Waals surface area (Å²) in [6.45, 7) is 2.72. The van der Waals surface area contributed by atoms with Crippen LogP contribution in [0.2, 0.25) is 0 Å². The van der Waals surface area contributed by atoms with E-state index in [2.05, 4.69) is 5.32 Å². The first-order valence-corrected chi connectivity index (χ1v) is 5.08. The molecule has 0 heterocycles. The maximum absolute atomic E-state index is 13.0. The highest BCUT2D eigenvalue weighted by molar-refractivity contribution is 5.86. The molecule has 0 fully saturated rings. The van der Waals surface area contributed by atoms with Gasteiger partial charge < -0.3 is 10.4 Å². The number of carbonyl (C=O) groups is 1. The Morgan fingerprint density at radius 1 is 1.56 bits per heavy atom. The van der Waals surface area contributed by atoms with Gasteiger partial charge in [-0.1, -0.05) is 6.92 Å². The Morgan fingerprint density at radius 2 is 2.31 bits per heavy atom. The van der Waals surface area contributed by atoms with Crippen LogP contribution in [-0.4, -0.2) is 17.6 Å². The van der Waals surface area contributed by atoms with Crippen molar-refractivity contribution >= 4 is 17.7 Å². The summed E-state index contributed by atoms with van der Waals surface area (Å²) < 4.78 is 13.0. The molecule has 0 unspecified atom stereocenters. The van der Waals surface area contributed by atoms with E-state index in [9.17, 15) is 9.18 Å². The Hall–Kier alpha value is -1.84. The quantitative estimate of drug-likeness (QED) is 0.754. The third kappa shape index (κ3) is 3.73. The van der Waals surface area contributed by atoms with Crippen LogP contribution in [0.25, 0.3) is 6.08 Å². The number of aliphatic carboxylic acids is 1. The van der Waals surface area contributed by atoms with Crippen LogP contribution in [0.1, 0.15) is 18.9 Å². The molecule has 0 aromatic heterocycles. The van der Waals surface area contributed by atoms with Gasteiger partial charge >= 0.3 is 5.97 Å². The molecule has 0 aliphatic heterocycles. The Balaban J connectivity index is 2.92. The highest BCUT2D eigenvalue weighted by Crippen LogP contribution is 2.18. The molecule has 1 rings (SSSR count). The molecule has 16 heavy (non-hydrogen) atoms. The fraction of sp³-hybridized carbons (Fsp3) is 0.250. The second kappa shape index (κ2) is 5.90. The van der Waals surface area contributed by atoms with Gasteiger partial charge in [-0.05, 0) is 36.3 Å². The van der Waals surface area contributed by atoms with Gasteiger partial charge in [-0.15, -0.1) is 0 Å². The molecule has 0 bridgehead atoms. The Bertz CT molecular complexity index is 402. The van der Waals surface area contributed by atoms with E-state index >= 15 is 0 Å². The predicted molar refractivity (Wildman–Crippen MR) is 61.9 cm³/mol. The van der Waals surface area contributed by atoms with Crippen LogP contribution in [0, 0.1) is 5.82 Å². The lowest BCUT2D eigenvalue weighted by atomic mass is 10.1. The van der Waals surface area contributed by atoms with Crippen LogP contribution in [0.5, 0.6) is 0 Å². The van der Waals surface area contributed by atoms with E-state index in [4.69, 9.17) is 5.11 Å². The summed E-state index contributed by atoms with van der Waals surface area (Å²) in [5, 5.41) is 11.6. The van der Waals surface area contributed by atoms with Gasteiger partial charge in [0.2, 0.25) is 0 Å². The molecule has 0 aliphatic rings. The fourth-order valence-corrected chi connectivity index (χ4v) is 1.25. The number of nitrogens with one attached hydrogen (secondary N) is 1. The first-order valence-electron chi connectivity index (χ1n) is 5.08. The molecular formula is C12H14FNO2. The highest BCUT2D eigenvalue weighted by Gasteiger charge is 2.01. The molecule has 0 atom stereocenters. The van der Waals surface area contributed by atoms with Gasteiger partial charge in [-0.25, -0.2) is 9.18 Å². The number of halogens is 1. The van der Waals surface area contributed by atoms with Gasteiger partial charge in [-0.2, -0.15) is 0 Å². The molecule has 0 saturated carbocycles. The largest absolute Gasteiger partial charge is 0.478 e. The van der Waals surface area contributed by atoms with Crippen LogP contribution < -0.4 is 5.32 Å². The number of benzene rings is 1. The van der Waals surface area contributed by atoms with Gasteiger partial charge in [0.15, 0.2) is 0 Å². The minimum atomic E-state index is -1.02. The lowest BCUT2D eigenvalue weighted by molar-refractivity contribution is -0.131. The molecule has 0 aliphatic carbocycles. The minimum Gasteiger partial charge on any atom is -0.478 e. The zero-order chi connectivity index (χ0) is 12.0. The van der Waals surface area contributed by atoms with Crippen molar-refractivity contribution in [3.63, 3.8) is 0 Å². The molecule has 0 saturated heterocycles. The second-order valence-corrected chi connectivity index (χ2v) is 3.33. The molecule has 0 amide bonds. The topological polar surface area (TPSA) is 49.3 Å². The number of carboxylic acids is 1. The summed E-state index contributed by atoms with van der Waals surface area (Å²) in [4.78, 5) is 10.4. The van der Waals surface area contributed by atoms with Gasteiger partial charge in [-0.3, -0.25) is 0 Å². The maximum Gasteiger partial charge on any atom is 0.328 e. The number of hydrogen-bond donors (Lipinski definition) is 2. The molecule has 2 N–H and O–H groups in total. The van der Waals surface area contributed by atoms with Crippen molar-refractivity contribution in [3.05, 3.63) is 35.7 Å². The number of hydrogen-bond acceptors (Lipinski definition) is 2. The number of rotatable bonds is 5. The third-order valence-electron chi connectivity index (χ3n) is 1.99. The third-order valence-corrected chi connectivity index (χ3v) is 1.99. The van der Waals surface area contributed by atoms with Crippen molar-refractivity contribution in [2.24, 2.45) is 0 Å². The van der Waals surface area contributed by atoms with Crippen molar-refractivity contribution in [2.75, 3.05) is 11.9 Å². The van der Waals surface area contributed by atoms with Crippen LogP contribution in [-0.2, 0) is 4.79 Å². The second-order valence-electron chi connectivity index (χ2n) is 3.33. The fourth-order valence-electron chi connectivity index (χ4n) is 1.25. The molecule has 86 valence electrons. The summed E-state index contributed by atoms with van der Waals surface area (Å²) >= 11 is 0. The van der Waals surface area contributed by atoms with Crippen LogP contribution in [0.3, 0.4) is 0 Å². The van der Waals surface area contributed by atoms with E-state index < -0.39 is 5.97 Å². The monoisotopic (exact) mass is 223 g/mol. The van der Waals surface area contributed by atoms with E-state index in [-0.39, 0.29) is 5.82 Å². The van der Waals surface area contributed by atoms with E-state index in [1.54, 1.807) is 6.07 Å². The van der Waals surface area contributed by atoms with Crippen molar-refractivity contribution < 1.29 is 14.3 Å². The van der Waals surface area contributed by atoms with Crippen molar-refractivity contribution in [3.8, 4) is 0 Å². The highest BCUT2D eigenvalue weighted by atomic mass is 19.1. The number of anilines is 1. The van der Waals surface area contributed by atoms with Gasteiger partial charge in [0.05, 0.1) is 0 Å². The predicted octanol–water partition coefficient (Wildman–Crippen LogP) is 2.75. The van der Waals surface area contributed by atoms with Crippen molar-refractivity contribution in [2.45, 2.75) is 13.3 Å². The molecular weight excluding hydrogens is 209 g/mol. The van der Waals surface area contributed by atoms with Crippen molar-refractivity contribution in [1.82, 2.24) is 0 Å². The minimum absolute atomic E-state index is 0.342. The average molecular weight is 223 g/mol. The van der Waals surface area contributed by atoms with Crippen LogP contribution >= 0.6 is 0 Å². The maximum atomic E-state index is 13.0.